The lowest BCUT2D eigenvalue weighted by Gasteiger charge is -2.17. The summed E-state index contributed by atoms with van der Waals surface area (Å²) in [5, 5.41) is 2.73. The van der Waals surface area contributed by atoms with Crippen LogP contribution in [0, 0.1) is 11.6 Å². The summed E-state index contributed by atoms with van der Waals surface area (Å²) in [6.45, 7) is 0.224. The third-order valence-corrected chi connectivity index (χ3v) is 3.16. The van der Waals surface area contributed by atoms with Crippen LogP contribution in [0.1, 0.15) is 17.2 Å². The Bertz CT molecular complexity index is 617. The number of halogens is 2. The molecule has 1 atom stereocenters. The van der Waals surface area contributed by atoms with Crippen LogP contribution >= 0.6 is 0 Å². The zero-order chi connectivity index (χ0) is 15.2. The topological polar surface area (TPSA) is 55.1 Å². The summed E-state index contributed by atoms with van der Waals surface area (Å²) in [6, 6.07) is 12.7. The molecule has 0 aliphatic heterocycles. The van der Waals surface area contributed by atoms with E-state index in [4.69, 9.17) is 5.73 Å². The Kier molecular flexibility index (Phi) is 5.00. The highest BCUT2D eigenvalue weighted by molar-refractivity contribution is 5.79. The van der Waals surface area contributed by atoms with Gasteiger partial charge in [-0.2, -0.15) is 0 Å². The Balaban J connectivity index is 2.05. The van der Waals surface area contributed by atoms with Crippen molar-refractivity contribution in [3.05, 3.63) is 71.3 Å². The number of hydrogen-bond donors (Lipinski definition) is 2. The molecular weight excluding hydrogens is 274 g/mol. The van der Waals surface area contributed by atoms with Gasteiger partial charge in [0.25, 0.3) is 0 Å². The maximum absolute atomic E-state index is 13.5. The van der Waals surface area contributed by atoms with Gasteiger partial charge in [-0.1, -0.05) is 42.5 Å². The van der Waals surface area contributed by atoms with Crippen LogP contribution in [-0.4, -0.2) is 12.5 Å². The Morgan fingerprint density at radius 3 is 2.48 bits per heavy atom. The molecule has 0 aromatic heterocycles. The quantitative estimate of drug-likeness (QED) is 0.888. The smallest absolute Gasteiger partial charge is 0.225 e. The zero-order valence-corrected chi connectivity index (χ0v) is 11.4. The number of nitrogens with one attached hydrogen (secondary N) is 1. The van der Waals surface area contributed by atoms with Crippen molar-refractivity contribution in [2.45, 2.75) is 12.5 Å². The first-order valence-electron chi connectivity index (χ1n) is 6.59. The van der Waals surface area contributed by atoms with E-state index < -0.39 is 17.5 Å². The number of rotatable bonds is 5. The lowest BCUT2D eigenvalue weighted by Crippen LogP contribution is -2.34. The molecular formula is C16H16F2N2O. The molecule has 0 aliphatic rings. The van der Waals surface area contributed by atoms with Crippen LogP contribution in [0.3, 0.4) is 0 Å². The summed E-state index contributed by atoms with van der Waals surface area (Å²) in [5.41, 5.74) is 6.54. The van der Waals surface area contributed by atoms with Crippen molar-refractivity contribution in [1.82, 2.24) is 5.32 Å². The largest absolute Gasteiger partial charge is 0.348 e. The summed E-state index contributed by atoms with van der Waals surface area (Å²) < 4.78 is 26.6. The van der Waals surface area contributed by atoms with Gasteiger partial charge in [0.15, 0.2) is 11.6 Å². The van der Waals surface area contributed by atoms with Crippen molar-refractivity contribution in [3.8, 4) is 0 Å². The van der Waals surface area contributed by atoms with Gasteiger partial charge in [-0.25, -0.2) is 8.78 Å². The summed E-state index contributed by atoms with van der Waals surface area (Å²) in [6.07, 6.45) is -0.229. The number of benzene rings is 2. The predicted octanol–water partition coefficient (Wildman–Crippen LogP) is 2.32. The highest BCUT2D eigenvalue weighted by Gasteiger charge is 2.15. The molecule has 1 amide bonds. The summed E-state index contributed by atoms with van der Waals surface area (Å²) in [4.78, 5) is 12.0. The van der Waals surface area contributed by atoms with Gasteiger partial charge in [0, 0.05) is 12.1 Å². The lowest BCUT2D eigenvalue weighted by molar-refractivity contribution is -0.121. The molecule has 1 unspecified atom stereocenters. The molecule has 0 saturated heterocycles. The van der Waals surface area contributed by atoms with Gasteiger partial charge in [-0.15, -0.1) is 0 Å². The number of amides is 1. The van der Waals surface area contributed by atoms with E-state index in [9.17, 15) is 13.6 Å². The van der Waals surface area contributed by atoms with Crippen molar-refractivity contribution >= 4 is 5.91 Å². The number of carbonyl (C=O) groups excluding carboxylic acids is 1. The Labute approximate surface area is 121 Å². The molecule has 0 bridgehead atoms. The van der Waals surface area contributed by atoms with Gasteiger partial charge in [0.05, 0.1) is 12.5 Å². The van der Waals surface area contributed by atoms with Crippen LogP contribution in [0.25, 0.3) is 0 Å². The highest BCUT2D eigenvalue weighted by atomic mass is 19.2. The number of hydrogen-bond acceptors (Lipinski definition) is 2. The van der Waals surface area contributed by atoms with Gasteiger partial charge in [-0.3, -0.25) is 4.79 Å². The van der Waals surface area contributed by atoms with Crippen molar-refractivity contribution in [1.29, 1.82) is 0 Å². The van der Waals surface area contributed by atoms with E-state index in [2.05, 4.69) is 5.32 Å². The molecule has 2 rings (SSSR count). The minimum absolute atomic E-state index is 0.0244. The lowest BCUT2D eigenvalue weighted by atomic mass is 10.1. The second kappa shape index (κ2) is 6.95. The van der Waals surface area contributed by atoms with Crippen LogP contribution in [-0.2, 0) is 11.2 Å². The molecule has 3 nitrogen and oxygen atoms in total. The van der Waals surface area contributed by atoms with Crippen LogP contribution in [0.4, 0.5) is 8.78 Å². The molecule has 2 aromatic rings. The molecule has 110 valence electrons. The van der Waals surface area contributed by atoms with Gasteiger partial charge in [0.2, 0.25) is 5.91 Å². The third kappa shape index (κ3) is 3.86. The van der Waals surface area contributed by atoms with E-state index in [0.29, 0.717) is 0 Å². The maximum Gasteiger partial charge on any atom is 0.225 e. The van der Waals surface area contributed by atoms with E-state index in [1.54, 1.807) is 0 Å². The van der Waals surface area contributed by atoms with Crippen molar-refractivity contribution < 1.29 is 13.6 Å². The van der Waals surface area contributed by atoms with E-state index in [0.717, 1.165) is 11.6 Å². The summed E-state index contributed by atoms with van der Waals surface area (Å²) in [5.74, 6) is -2.35. The molecule has 0 heterocycles. The fourth-order valence-electron chi connectivity index (χ4n) is 2.07. The van der Waals surface area contributed by atoms with Crippen LogP contribution in [0.15, 0.2) is 48.5 Å². The molecule has 2 aromatic carbocycles. The average molecular weight is 290 g/mol. The summed E-state index contributed by atoms with van der Waals surface area (Å²) >= 11 is 0. The monoisotopic (exact) mass is 290 g/mol. The third-order valence-electron chi connectivity index (χ3n) is 3.16. The molecule has 0 radical (unpaired) electrons. The zero-order valence-electron chi connectivity index (χ0n) is 11.4. The first kappa shape index (κ1) is 15.1. The van der Waals surface area contributed by atoms with E-state index in [1.807, 2.05) is 30.3 Å². The first-order chi connectivity index (χ1) is 10.1. The Morgan fingerprint density at radius 2 is 1.81 bits per heavy atom. The number of nitrogens with two attached hydrogens (primary N) is 1. The van der Waals surface area contributed by atoms with Gasteiger partial charge < -0.3 is 11.1 Å². The fraction of sp³-hybridized carbons (Fsp3) is 0.188. The van der Waals surface area contributed by atoms with Crippen LogP contribution < -0.4 is 11.1 Å². The van der Waals surface area contributed by atoms with E-state index in [-0.39, 0.29) is 24.6 Å². The maximum atomic E-state index is 13.5. The van der Waals surface area contributed by atoms with Crippen LogP contribution in [0.5, 0.6) is 0 Å². The molecule has 0 spiro atoms. The van der Waals surface area contributed by atoms with Gasteiger partial charge in [0.1, 0.15) is 0 Å². The first-order valence-corrected chi connectivity index (χ1v) is 6.59. The van der Waals surface area contributed by atoms with Crippen molar-refractivity contribution in [2.24, 2.45) is 5.73 Å². The fourth-order valence-corrected chi connectivity index (χ4v) is 2.07. The average Bonchev–Trinajstić information content (AvgIpc) is 2.50. The molecule has 5 heteroatoms. The second-order valence-corrected chi connectivity index (χ2v) is 4.66. The Morgan fingerprint density at radius 1 is 1.10 bits per heavy atom. The van der Waals surface area contributed by atoms with Crippen molar-refractivity contribution in [2.75, 3.05) is 6.54 Å². The Hall–Kier alpha value is -2.27. The minimum Gasteiger partial charge on any atom is -0.348 e. The van der Waals surface area contributed by atoms with Crippen LogP contribution in [0.2, 0.25) is 0 Å². The SMILES string of the molecule is NCC(NC(=O)Cc1cccc(F)c1F)c1ccccc1. The normalized spacial score (nSPS) is 12.0. The molecule has 21 heavy (non-hydrogen) atoms. The highest BCUT2D eigenvalue weighted by Crippen LogP contribution is 2.14. The minimum atomic E-state index is -0.989. The second-order valence-electron chi connectivity index (χ2n) is 4.66. The van der Waals surface area contributed by atoms with Crippen molar-refractivity contribution in [3.63, 3.8) is 0 Å². The molecule has 0 fully saturated rings. The molecule has 0 saturated carbocycles. The molecule has 3 N–H and O–H groups in total. The molecule has 0 aliphatic carbocycles. The van der Waals surface area contributed by atoms with E-state index in [1.165, 1.54) is 12.1 Å². The van der Waals surface area contributed by atoms with Gasteiger partial charge >= 0.3 is 0 Å². The predicted molar refractivity (Wildman–Crippen MR) is 76.4 cm³/mol. The summed E-state index contributed by atoms with van der Waals surface area (Å²) in [7, 11) is 0. The van der Waals surface area contributed by atoms with E-state index >= 15 is 0 Å². The van der Waals surface area contributed by atoms with Gasteiger partial charge in [-0.05, 0) is 11.6 Å². The number of carbonyl (C=O) groups is 1. The standard InChI is InChI=1S/C16H16F2N2O/c17-13-8-4-7-12(16(13)18)9-15(21)20-14(10-19)11-5-2-1-3-6-11/h1-8,14H,9-10,19H2,(H,20,21).